The highest BCUT2D eigenvalue weighted by Crippen LogP contribution is 2.19. The molecule has 1 fully saturated rings. The highest BCUT2D eigenvalue weighted by Gasteiger charge is 2.12. The SMILES string of the molecule is CCNC(=NCc1ccnc(N2CCCCC2)c1)NCc1ccccc1OCC.I. The van der Waals surface area contributed by atoms with Gasteiger partial charge in [-0.15, -0.1) is 24.0 Å². The van der Waals surface area contributed by atoms with Crippen LogP contribution in [-0.2, 0) is 13.1 Å². The van der Waals surface area contributed by atoms with Crippen molar-refractivity contribution in [2.75, 3.05) is 31.1 Å². The standard InChI is InChI=1S/C23H33N5O.HI/c1-3-24-23(27-18-20-10-6-7-11-21(20)29-4-2)26-17-19-12-13-25-22(16-19)28-14-8-5-9-15-28;/h6-7,10-13,16H,3-5,8-9,14-15,17-18H2,1-2H3,(H2,24,26,27);1H. The molecule has 6 nitrogen and oxygen atoms in total. The summed E-state index contributed by atoms with van der Waals surface area (Å²) in [6, 6.07) is 12.3. The van der Waals surface area contributed by atoms with Gasteiger partial charge in [0.25, 0.3) is 0 Å². The zero-order valence-corrected chi connectivity index (χ0v) is 20.4. The molecule has 0 bridgehead atoms. The van der Waals surface area contributed by atoms with Crippen LogP contribution in [0, 0.1) is 0 Å². The molecule has 0 atom stereocenters. The minimum absolute atomic E-state index is 0. The zero-order valence-electron chi connectivity index (χ0n) is 18.1. The third-order valence-corrected chi connectivity index (χ3v) is 4.97. The predicted molar refractivity (Wildman–Crippen MR) is 135 cm³/mol. The Hall–Kier alpha value is -2.03. The van der Waals surface area contributed by atoms with Gasteiger partial charge in [0, 0.05) is 37.9 Å². The molecule has 3 rings (SSSR count). The van der Waals surface area contributed by atoms with E-state index in [0.717, 1.165) is 42.7 Å². The van der Waals surface area contributed by atoms with Crippen molar-refractivity contribution < 1.29 is 4.74 Å². The minimum Gasteiger partial charge on any atom is -0.494 e. The lowest BCUT2D eigenvalue weighted by Crippen LogP contribution is -2.36. The molecular weight excluding hydrogens is 489 g/mol. The van der Waals surface area contributed by atoms with E-state index in [2.05, 4.69) is 39.6 Å². The number of nitrogens with one attached hydrogen (secondary N) is 2. The molecule has 1 aromatic carbocycles. The largest absolute Gasteiger partial charge is 0.494 e. The highest BCUT2D eigenvalue weighted by molar-refractivity contribution is 14.0. The van der Waals surface area contributed by atoms with Crippen molar-refractivity contribution in [3.8, 4) is 5.75 Å². The number of hydrogen-bond donors (Lipinski definition) is 2. The molecule has 1 aliphatic heterocycles. The number of rotatable bonds is 8. The van der Waals surface area contributed by atoms with E-state index >= 15 is 0 Å². The highest BCUT2D eigenvalue weighted by atomic mass is 127. The fourth-order valence-corrected chi connectivity index (χ4v) is 3.49. The van der Waals surface area contributed by atoms with E-state index in [-0.39, 0.29) is 24.0 Å². The van der Waals surface area contributed by atoms with Crippen molar-refractivity contribution in [2.45, 2.75) is 46.2 Å². The number of halogens is 1. The van der Waals surface area contributed by atoms with Crippen LogP contribution in [0.2, 0.25) is 0 Å². The molecule has 2 aromatic rings. The van der Waals surface area contributed by atoms with Crippen LogP contribution in [0.15, 0.2) is 47.6 Å². The first-order valence-electron chi connectivity index (χ1n) is 10.7. The smallest absolute Gasteiger partial charge is 0.191 e. The van der Waals surface area contributed by atoms with E-state index in [9.17, 15) is 0 Å². The first-order chi connectivity index (χ1) is 14.3. The lowest BCUT2D eigenvalue weighted by Gasteiger charge is -2.27. The Morgan fingerprint density at radius 3 is 2.67 bits per heavy atom. The number of pyridine rings is 1. The molecule has 30 heavy (non-hydrogen) atoms. The topological polar surface area (TPSA) is 61.8 Å². The van der Waals surface area contributed by atoms with E-state index < -0.39 is 0 Å². The molecule has 7 heteroatoms. The van der Waals surface area contributed by atoms with Gasteiger partial charge in [0.2, 0.25) is 0 Å². The molecule has 1 aromatic heterocycles. The molecule has 0 unspecified atom stereocenters. The first-order valence-corrected chi connectivity index (χ1v) is 10.7. The van der Waals surface area contributed by atoms with Crippen molar-refractivity contribution in [3.63, 3.8) is 0 Å². The summed E-state index contributed by atoms with van der Waals surface area (Å²) in [7, 11) is 0. The first kappa shape index (κ1) is 24.2. The van der Waals surface area contributed by atoms with Crippen LogP contribution in [0.4, 0.5) is 5.82 Å². The summed E-state index contributed by atoms with van der Waals surface area (Å²) >= 11 is 0. The van der Waals surface area contributed by atoms with E-state index in [0.29, 0.717) is 19.7 Å². The monoisotopic (exact) mass is 523 g/mol. The Morgan fingerprint density at radius 2 is 1.90 bits per heavy atom. The fourth-order valence-electron chi connectivity index (χ4n) is 3.49. The lowest BCUT2D eigenvalue weighted by molar-refractivity contribution is 0.336. The van der Waals surface area contributed by atoms with Crippen LogP contribution in [-0.4, -0.2) is 37.2 Å². The van der Waals surface area contributed by atoms with Crippen LogP contribution in [0.3, 0.4) is 0 Å². The van der Waals surface area contributed by atoms with Crippen molar-refractivity contribution in [3.05, 3.63) is 53.7 Å². The average Bonchev–Trinajstić information content (AvgIpc) is 2.77. The molecule has 0 amide bonds. The van der Waals surface area contributed by atoms with E-state index in [4.69, 9.17) is 9.73 Å². The molecule has 0 spiro atoms. The average molecular weight is 523 g/mol. The van der Waals surface area contributed by atoms with Crippen LogP contribution >= 0.6 is 24.0 Å². The van der Waals surface area contributed by atoms with Gasteiger partial charge < -0.3 is 20.3 Å². The van der Waals surface area contributed by atoms with Gasteiger partial charge in [-0.3, -0.25) is 0 Å². The molecule has 2 heterocycles. The summed E-state index contributed by atoms with van der Waals surface area (Å²) in [4.78, 5) is 11.7. The number of aromatic nitrogens is 1. The lowest BCUT2D eigenvalue weighted by atomic mass is 10.1. The molecular formula is C23H34IN5O. The molecule has 164 valence electrons. The summed E-state index contributed by atoms with van der Waals surface area (Å²) in [5, 5.41) is 6.74. The maximum Gasteiger partial charge on any atom is 0.191 e. The van der Waals surface area contributed by atoms with Crippen LogP contribution < -0.4 is 20.3 Å². The van der Waals surface area contributed by atoms with Gasteiger partial charge in [-0.25, -0.2) is 9.98 Å². The number of nitrogens with zero attached hydrogens (tertiary/aromatic N) is 3. The number of hydrogen-bond acceptors (Lipinski definition) is 4. The molecule has 0 radical (unpaired) electrons. The van der Waals surface area contributed by atoms with E-state index in [1.807, 2.05) is 37.4 Å². The van der Waals surface area contributed by atoms with Crippen molar-refractivity contribution in [1.82, 2.24) is 15.6 Å². The second-order valence-corrected chi connectivity index (χ2v) is 7.16. The maximum atomic E-state index is 5.72. The third-order valence-electron chi connectivity index (χ3n) is 4.97. The summed E-state index contributed by atoms with van der Waals surface area (Å²) in [6.45, 7) is 9.03. The summed E-state index contributed by atoms with van der Waals surface area (Å²) in [5.74, 6) is 2.79. The molecule has 0 aliphatic carbocycles. The molecule has 0 saturated carbocycles. The summed E-state index contributed by atoms with van der Waals surface area (Å²) in [5.41, 5.74) is 2.30. The quantitative estimate of drug-likeness (QED) is 0.306. The van der Waals surface area contributed by atoms with E-state index in [1.54, 1.807) is 0 Å². The van der Waals surface area contributed by atoms with Gasteiger partial charge in [0.05, 0.1) is 13.2 Å². The van der Waals surface area contributed by atoms with Gasteiger partial charge in [-0.1, -0.05) is 18.2 Å². The summed E-state index contributed by atoms with van der Waals surface area (Å²) in [6.07, 6.45) is 5.72. The Bertz CT molecular complexity index is 793. The van der Waals surface area contributed by atoms with Crippen LogP contribution in [0.25, 0.3) is 0 Å². The number of anilines is 1. The predicted octanol–water partition coefficient (Wildman–Crippen LogP) is 4.34. The summed E-state index contributed by atoms with van der Waals surface area (Å²) < 4.78 is 5.72. The van der Waals surface area contributed by atoms with Crippen LogP contribution in [0.1, 0.15) is 44.2 Å². The van der Waals surface area contributed by atoms with Gasteiger partial charge in [-0.2, -0.15) is 0 Å². The Morgan fingerprint density at radius 1 is 1.10 bits per heavy atom. The maximum absolute atomic E-state index is 5.72. The van der Waals surface area contributed by atoms with Crippen LogP contribution in [0.5, 0.6) is 5.75 Å². The number of guanidine groups is 1. The number of ether oxygens (including phenoxy) is 1. The van der Waals surface area contributed by atoms with Crippen molar-refractivity contribution in [1.29, 1.82) is 0 Å². The second-order valence-electron chi connectivity index (χ2n) is 7.16. The van der Waals surface area contributed by atoms with Crippen molar-refractivity contribution in [2.24, 2.45) is 4.99 Å². The number of aliphatic imine (C=N–C) groups is 1. The minimum atomic E-state index is 0. The van der Waals surface area contributed by atoms with Gasteiger partial charge in [0.15, 0.2) is 5.96 Å². The molecule has 2 N–H and O–H groups in total. The fraction of sp³-hybridized carbons (Fsp3) is 0.478. The normalized spacial score (nSPS) is 14.1. The van der Waals surface area contributed by atoms with Gasteiger partial charge >= 0.3 is 0 Å². The molecule has 1 saturated heterocycles. The third kappa shape index (κ3) is 7.34. The van der Waals surface area contributed by atoms with Gasteiger partial charge in [0.1, 0.15) is 11.6 Å². The Balaban J connectivity index is 0.00000320. The Labute approximate surface area is 197 Å². The number of piperidine rings is 1. The van der Waals surface area contributed by atoms with Gasteiger partial charge in [-0.05, 0) is 56.9 Å². The Kier molecular flexibility index (Phi) is 10.8. The molecule has 1 aliphatic rings. The zero-order chi connectivity index (χ0) is 20.3. The number of benzene rings is 1. The van der Waals surface area contributed by atoms with Crippen molar-refractivity contribution >= 4 is 35.8 Å². The second kappa shape index (κ2) is 13.3. The number of para-hydroxylation sites is 1. The van der Waals surface area contributed by atoms with E-state index in [1.165, 1.54) is 24.8 Å².